The molecule has 4 fully saturated rings. The number of hydrogen-bond acceptors (Lipinski definition) is 2. The van der Waals surface area contributed by atoms with Gasteiger partial charge in [-0.3, -0.25) is 4.79 Å². The van der Waals surface area contributed by atoms with Crippen molar-refractivity contribution in [3.05, 3.63) is 0 Å². The highest BCUT2D eigenvalue weighted by Crippen LogP contribution is 2.47. The Morgan fingerprint density at radius 2 is 1.61 bits per heavy atom. The van der Waals surface area contributed by atoms with Gasteiger partial charge in [-0.15, -0.1) is 0 Å². The molecule has 4 aliphatic rings. The number of rotatable bonds is 2. The number of amides is 1. The smallest absolute Gasteiger partial charge is 0.227 e. The molecule has 18 heavy (non-hydrogen) atoms. The Bertz CT molecular complexity index is 327. The fraction of sp³-hybridized carbons (Fsp3) is 0.933. The zero-order valence-corrected chi connectivity index (χ0v) is 11.6. The highest BCUT2D eigenvalue weighted by atomic mass is 16.2. The van der Waals surface area contributed by atoms with Crippen molar-refractivity contribution in [2.24, 2.45) is 29.4 Å². The van der Waals surface area contributed by atoms with Gasteiger partial charge in [-0.2, -0.15) is 0 Å². The first kappa shape index (κ1) is 12.5. The molecule has 2 heterocycles. The van der Waals surface area contributed by atoms with E-state index in [0.29, 0.717) is 11.9 Å². The zero-order chi connectivity index (χ0) is 12.9. The van der Waals surface area contributed by atoms with Crippen molar-refractivity contribution in [1.29, 1.82) is 0 Å². The van der Waals surface area contributed by atoms with Crippen LogP contribution in [0.1, 0.15) is 46.0 Å². The van der Waals surface area contributed by atoms with Crippen LogP contribution in [0.4, 0.5) is 0 Å². The Hall–Kier alpha value is -0.570. The van der Waals surface area contributed by atoms with Gasteiger partial charge in [0.2, 0.25) is 5.91 Å². The molecule has 4 bridgehead atoms. The third-order valence-electron chi connectivity index (χ3n) is 5.57. The lowest BCUT2D eigenvalue weighted by molar-refractivity contribution is -0.138. The molecule has 1 amide bonds. The first-order valence-electron chi connectivity index (χ1n) is 7.60. The molecule has 102 valence electrons. The molecule has 4 unspecified atom stereocenters. The van der Waals surface area contributed by atoms with E-state index in [2.05, 4.69) is 4.90 Å². The van der Waals surface area contributed by atoms with E-state index in [4.69, 9.17) is 5.73 Å². The number of nitrogens with two attached hydrogens (primary N) is 1. The topological polar surface area (TPSA) is 46.3 Å². The monoisotopic (exact) mass is 250 g/mol. The number of carbonyl (C=O) groups is 1. The van der Waals surface area contributed by atoms with E-state index < -0.39 is 0 Å². The maximum atomic E-state index is 12.6. The highest BCUT2D eigenvalue weighted by molar-refractivity contribution is 5.79. The molecule has 0 aromatic heterocycles. The molecule has 0 spiro atoms. The molecule has 3 nitrogen and oxygen atoms in total. The normalized spacial score (nSPS) is 41.6. The van der Waals surface area contributed by atoms with Crippen LogP contribution in [-0.4, -0.2) is 29.4 Å². The molecule has 2 N–H and O–H groups in total. The van der Waals surface area contributed by atoms with E-state index in [0.717, 1.165) is 24.3 Å². The average molecular weight is 250 g/mol. The van der Waals surface area contributed by atoms with Crippen LogP contribution in [0.25, 0.3) is 0 Å². The highest BCUT2D eigenvalue weighted by Gasteiger charge is 2.44. The quantitative estimate of drug-likeness (QED) is 0.815. The van der Waals surface area contributed by atoms with Gasteiger partial charge in [0.1, 0.15) is 0 Å². The summed E-state index contributed by atoms with van der Waals surface area (Å²) in [5.41, 5.74) is 5.91. The molecule has 4 rings (SSSR count). The van der Waals surface area contributed by atoms with Gasteiger partial charge in [-0.25, -0.2) is 0 Å². The predicted molar refractivity (Wildman–Crippen MR) is 71.9 cm³/mol. The van der Waals surface area contributed by atoms with E-state index in [1.807, 2.05) is 13.8 Å². The van der Waals surface area contributed by atoms with E-state index in [9.17, 15) is 4.79 Å². The summed E-state index contributed by atoms with van der Waals surface area (Å²) in [6.07, 6.45) is 6.67. The summed E-state index contributed by atoms with van der Waals surface area (Å²) >= 11 is 0. The fourth-order valence-corrected chi connectivity index (χ4v) is 4.54. The number of fused-ring (bicyclic) bond motifs is 1. The Balaban J connectivity index is 1.79. The largest absolute Gasteiger partial charge is 0.339 e. The van der Waals surface area contributed by atoms with Crippen molar-refractivity contribution in [2.75, 3.05) is 6.54 Å². The SMILES string of the molecule is CC(N)C(C)C(=O)N1CC2CC3CC(C2)CC1C3. The molecule has 0 aromatic rings. The van der Waals surface area contributed by atoms with Crippen LogP contribution in [0.15, 0.2) is 0 Å². The van der Waals surface area contributed by atoms with Crippen molar-refractivity contribution in [3.8, 4) is 0 Å². The summed E-state index contributed by atoms with van der Waals surface area (Å²) in [6, 6.07) is 0.491. The standard InChI is InChI=1S/C15H26N2O/c1-9(10(2)16)15(18)17-8-13-4-11-3-12(5-13)7-14(17)6-11/h9-14H,3-8,16H2,1-2H3. The third-order valence-corrected chi connectivity index (χ3v) is 5.57. The van der Waals surface area contributed by atoms with E-state index in [1.54, 1.807) is 0 Å². The van der Waals surface area contributed by atoms with Crippen LogP contribution >= 0.6 is 0 Å². The third kappa shape index (κ3) is 2.07. The molecule has 3 heteroatoms. The molecule has 2 saturated heterocycles. The summed E-state index contributed by atoms with van der Waals surface area (Å²) in [6.45, 7) is 4.94. The van der Waals surface area contributed by atoms with Crippen LogP contribution in [0.3, 0.4) is 0 Å². The predicted octanol–water partition coefficient (Wildman–Crippen LogP) is 2.01. The Kier molecular flexibility index (Phi) is 3.13. The van der Waals surface area contributed by atoms with Crippen molar-refractivity contribution >= 4 is 5.91 Å². The molecule has 2 saturated carbocycles. The van der Waals surface area contributed by atoms with E-state index in [1.165, 1.54) is 32.1 Å². The van der Waals surface area contributed by atoms with Crippen molar-refractivity contribution in [3.63, 3.8) is 0 Å². The van der Waals surface area contributed by atoms with Gasteiger partial charge < -0.3 is 10.6 Å². The van der Waals surface area contributed by atoms with Crippen molar-refractivity contribution in [1.82, 2.24) is 4.90 Å². The van der Waals surface area contributed by atoms with Gasteiger partial charge in [-0.1, -0.05) is 6.92 Å². The number of carbonyl (C=O) groups excluding carboxylic acids is 1. The Labute approximate surface area is 110 Å². The van der Waals surface area contributed by atoms with Crippen LogP contribution < -0.4 is 5.73 Å². The zero-order valence-electron chi connectivity index (χ0n) is 11.6. The fourth-order valence-electron chi connectivity index (χ4n) is 4.54. The second-order valence-electron chi connectivity index (χ2n) is 7.07. The molecular formula is C15H26N2O. The first-order chi connectivity index (χ1) is 8.54. The summed E-state index contributed by atoms with van der Waals surface area (Å²) < 4.78 is 0. The van der Waals surface area contributed by atoms with Gasteiger partial charge in [0.05, 0.1) is 5.92 Å². The first-order valence-corrected chi connectivity index (χ1v) is 7.60. The van der Waals surface area contributed by atoms with Gasteiger partial charge in [0.15, 0.2) is 0 Å². The molecule has 2 aliphatic carbocycles. The Morgan fingerprint density at radius 3 is 2.17 bits per heavy atom. The second-order valence-corrected chi connectivity index (χ2v) is 7.07. The number of nitrogens with zero attached hydrogens (tertiary/aromatic N) is 1. The van der Waals surface area contributed by atoms with E-state index in [-0.39, 0.29) is 12.0 Å². The van der Waals surface area contributed by atoms with Gasteiger partial charge in [-0.05, 0) is 56.8 Å². The summed E-state index contributed by atoms with van der Waals surface area (Å²) in [7, 11) is 0. The maximum absolute atomic E-state index is 12.6. The molecule has 2 aliphatic heterocycles. The minimum atomic E-state index is -0.0323. The maximum Gasteiger partial charge on any atom is 0.227 e. The number of hydrogen-bond donors (Lipinski definition) is 1. The van der Waals surface area contributed by atoms with Crippen LogP contribution in [-0.2, 0) is 4.79 Å². The van der Waals surface area contributed by atoms with Crippen LogP contribution in [0, 0.1) is 23.7 Å². The minimum Gasteiger partial charge on any atom is -0.339 e. The summed E-state index contributed by atoms with van der Waals surface area (Å²) in [4.78, 5) is 14.8. The van der Waals surface area contributed by atoms with Crippen molar-refractivity contribution in [2.45, 2.75) is 58.0 Å². The molecular weight excluding hydrogens is 224 g/mol. The lowest BCUT2D eigenvalue weighted by Crippen LogP contribution is -2.47. The minimum absolute atomic E-state index is 0.0272. The van der Waals surface area contributed by atoms with Crippen LogP contribution in [0.2, 0.25) is 0 Å². The molecule has 4 atom stereocenters. The summed E-state index contributed by atoms with van der Waals surface area (Å²) in [5.74, 6) is 2.85. The van der Waals surface area contributed by atoms with Crippen LogP contribution in [0.5, 0.6) is 0 Å². The van der Waals surface area contributed by atoms with Gasteiger partial charge >= 0.3 is 0 Å². The lowest BCUT2D eigenvalue weighted by atomic mass is 9.68. The summed E-state index contributed by atoms with van der Waals surface area (Å²) in [5, 5.41) is 0. The molecule has 0 aromatic carbocycles. The average Bonchev–Trinajstić information content (AvgIpc) is 2.51. The van der Waals surface area contributed by atoms with Crippen molar-refractivity contribution < 1.29 is 4.79 Å². The van der Waals surface area contributed by atoms with Gasteiger partial charge in [0.25, 0.3) is 0 Å². The second kappa shape index (κ2) is 4.52. The lowest BCUT2D eigenvalue weighted by Gasteiger charge is -2.39. The van der Waals surface area contributed by atoms with E-state index >= 15 is 0 Å². The van der Waals surface area contributed by atoms with Gasteiger partial charge in [0, 0.05) is 18.6 Å². The molecule has 0 radical (unpaired) electrons. The Morgan fingerprint density at radius 1 is 1.06 bits per heavy atom.